The highest BCUT2D eigenvalue weighted by Crippen LogP contribution is 2.25. The molecule has 0 saturated heterocycles. The van der Waals surface area contributed by atoms with Gasteiger partial charge in [0.1, 0.15) is 0 Å². The Hall–Kier alpha value is -4.46. The number of carbonyl (C=O) groups is 4. The largest absolute Gasteiger partial charge is 0.449 e. The molecule has 0 unspecified atom stereocenters. The van der Waals surface area contributed by atoms with Crippen LogP contribution < -0.4 is 10.2 Å². The van der Waals surface area contributed by atoms with Crippen LogP contribution in [0, 0.1) is 0 Å². The zero-order valence-corrected chi connectivity index (χ0v) is 19.5. The fourth-order valence-electron chi connectivity index (χ4n) is 3.82. The van der Waals surface area contributed by atoms with Crippen LogP contribution in [0.3, 0.4) is 0 Å². The molecule has 0 spiro atoms. The van der Waals surface area contributed by atoms with Crippen LogP contribution in [-0.4, -0.2) is 48.9 Å². The van der Waals surface area contributed by atoms with E-state index in [1.165, 1.54) is 28.0 Å². The van der Waals surface area contributed by atoms with Crippen molar-refractivity contribution in [1.29, 1.82) is 0 Å². The number of benzene rings is 3. The van der Waals surface area contributed by atoms with Crippen LogP contribution in [0.25, 0.3) is 0 Å². The first-order valence-corrected chi connectivity index (χ1v) is 11.2. The minimum atomic E-state index is -0.473. The van der Waals surface area contributed by atoms with Crippen LogP contribution in [-0.2, 0) is 11.2 Å². The third kappa shape index (κ3) is 5.06. The van der Waals surface area contributed by atoms with Crippen LogP contribution in [0.5, 0.6) is 0 Å². The van der Waals surface area contributed by atoms with Crippen molar-refractivity contribution in [2.24, 2.45) is 0 Å². The average molecular weight is 472 g/mol. The summed E-state index contributed by atoms with van der Waals surface area (Å²) >= 11 is 0. The van der Waals surface area contributed by atoms with Crippen LogP contribution in [0.4, 0.5) is 16.2 Å². The van der Waals surface area contributed by atoms with E-state index >= 15 is 0 Å². The molecule has 0 bridgehead atoms. The lowest BCUT2D eigenvalue weighted by Gasteiger charge is -2.17. The summed E-state index contributed by atoms with van der Waals surface area (Å²) in [6, 6.07) is 20.8. The van der Waals surface area contributed by atoms with E-state index in [0.717, 1.165) is 5.56 Å². The molecular formula is C27H25N3O5. The lowest BCUT2D eigenvalue weighted by molar-refractivity contribution is 0.0656. The Morgan fingerprint density at radius 1 is 0.914 bits per heavy atom. The molecule has 3 aromatic rings. The lowest BCUT2D eigenvalue weighted by Crippen LogP contribution is -2.31. The van der Waals surface area contributed by atoms with Crippen molar-refractivity contribution in [3.05, 3.63) is 95.1 Å². The van der Waals surface area contributed by atoms with Gasteiger partial charge < -0.3 is 10.1 Å². The van der Waals surface area contributed by atoms with Gasteiger partial charge in [-0.25, -0.2) is 4.79 Å². The quantitative estimate of drug-likeness (QED) is 0.516. The van der Waals surface area contributed by atoms with Crippen molar-refractivity contribution in [2.75, 3.05) is 30.4 Å². The van der Waals surface area contributed by atoms with Gasteiger partial charge in [0, 0.05) is 30.5 Å². The maximum Gasteiger partial charge on any atom is 0.413 e. The standard InChI is InChI=1S/C27H25N3O5/c1-3-35-27(34)29(2)21-12-10-20(11-13-21)28-24(31)19-9-14-22-23(17-19)26(33)30(25(22)32)16-15-18-7-5-4-6-8-18/h4-14,17H,3,15-16H2,1-2H3,(H,28,31). The molecule has 1 aliphatic rings. The van der Waals surface area contributed by atoms with E-state index in [0.29, 0.717) is 23.4 Å². The normalized spacial score (nSPS) is 12.3. The minimum Gasteiger partial charge on any atom is -0.449 e. The number of nitrogens with zero attached hydrogens (tertiary/aromatic N) is 2. The van der Waals surface area contributed by atoms with E-state index in [-0.39, 0.29) is 30.2 Å². The van der Waals surface area contributed by atoms with E-state index in [2.05, 4.69) is 5.32 Å². The van der Waals surface area contributed by atoms with Crippen molar-refractivity contribution in [3.63, 3.8) is 0 Å². The molecule has 8 heteroatoms. The number of fused-ring (bicyclic) bond motifs is 1. The summed E-state index contributed by atoms with van der Waals surface area (Å²) in [7, 11) is 1.59. The second-order valence-corrected chi connectivity index (χ2v) is 8.02. The van der Waals surface area contributed by atoms with Crippen LogP contribution in [0.15, 0.2) is 72.8 Å². The summed E-state index contributed by atoms with van der Waals surface area (Å²) in [5.74, 6) is -1.17. The number of ether oxygens (including phenoxy) is 1. The summed E-state index contributed by atoms with van der Waals surface area (Å²) < 4.78 is 4.97. The lowest BCUT2D eigenvalue weighted by atomic mass is 10.1. The van der Waals surface area contributed by atoms with Crippen LogP contribution in [0.1, 0.15) is 43.6 Å². The molecule has 0 fully saturated rings. The summed E-state index contributed by atoms with van der Waals surface area (Å²) in [6.07, 6.45) is 0.0838. The number of imide groups is 1. The van der Waals surface area contributed by atoms with Crippen molar-refractivity contribution >= 4 is 35.2 Å². The smallest absolute Gasteiger partial charge is 0.413 e. The van der Waals surface area contributed by atoms with Crippen molar-refractivity contribution in [3.8, 4) is 0 Å². The monoisotopic (exact) mass is 471 g/mol. The van der Waals surface area contributed by atoms with Gasteiger partial charge in [-0.2, -0.15) is 0 Å². The first-order chi connectivity index (χ1) is 16.9. The topological polar surface area (TPSA) is 96.0 Å². The molecule has 178 valence electrons. The van der Waals surface area contributed by atoms with Gasteiger partial charge in [-0.15, -0.1) is 0 Å². The van der Waals surface area contributed by atoms with E-state index in [9.17, 15) is 19.2 Å². The fraction of sp³-hybridized carbons (Fsp3) is 0.185. The Morgan fingerprint density at radius 2 is 1.60 bits per heavy atom. The Labute approximate surface area is 203 Å². The number of carbonyl (C=O) groups excluding carboxylic acids is 4. The number of hydrogen-bond acceptors (Lipinski definition) is 5. The Bertz CT molecular complexity index is 1270. The third-order valence-corrected chi connectivity index (χ3v) is 5.75. The van der Waals surface area contributed by atoms with E-state index < -0.39 is 17.9 Å². The van der Waals surface area contributed by atoms with Gasteiger partial charge in [-0.3, -0.25) is 24.2 Å². The highest BCUT2D eigenvalue weighted by Gasteiger charge is 2.35. The van der Waals surface area contributed by atoms with E-state index in [1.54, 1.807) is 38.2 Å². The predicted molar refractivity (Wildman–Crippen MR) is 132 cm³/mol. The molecule has 4 amide bonds. The summed E-state index contributed by atoms with van der Waals surface area (Å²) in [6.45, 7) is 2.27. The molecule has 8 nitrogen and oxygen atoms in total. The maximum absolute atomic E-state index is 12.9. The average Bonchev–Trinajstić information content (AvgIpc) is 3.12. The fourth-order valence-corrected chi connectivity index (χ4v) is 3.82. The van der Waals surface area contributed by atoms with Crippen molar-refractivity contribution in [1.82, 2.24) is 4.90 Å². The molecule has 1 N–H and O–H groups in total. The van der Waals surface area contributed by atoms with Crippen LogP contribution >= 0.6 is 0 Å². The van der Waals surface area contributed by atoms with Gasteiger partial charge >= 0.3 is 6.09 Å². The van der Waals surface area contributed by atoms with E-state index in [4.69, 9.17) is 4.74 Å². The third-order valence-electron chi connectivity index (χ3n) is 5.75. The van der Waals surface area contributed by atoms with Gasteiger partial charge in [0.2, 0.25) is 0 Å². The molecule has 35 heavy (non-hydrogen) atoms. The van der Waals surface area contributed by atoms with Gasteiger partial charge in [-0.1, -0.05) is 30.3 Å². The SMILES string of the molecule is CCOC(=O)N(C)c1ccc(NC(=O)c2ccc3c(c2)C(=O)N(CCc2ccccc2)C3=O)cc1. The molecule has 1 aliphatic heterocycles. The number of nitrogens with one attached hydrogen (secondary N) is 1. The molecule has 0 aromatic heterocycles. The highest BCUT2D eigenvalue weighted by molar-refractivity contribution is 6.22. The molecule has 1 heterocycles. The molecule has 3 aromatic carbocycles. The Morgan fingerprint density at radius 3 is 2.29 bits per heavy atom. The maximum atomic E-state index is 12.9. The van der Waals surface area contributed by atoms with Gasteiger partial charge in [0.25, 0.3) is 17.7 Å². The minimum absolute atomic E-state index is 0.224. The summed E-state index contributed by atoms with van der Waals surface area (Å²) in [4.78, 5) is 52.9. The molecule has 0 radical (unpaired) electrons. The highest BCUT2D eigenvalue weighted by atomic mass is 16.6. The van der Waals surface area contributed by atoms with Gasteiger partial charge in [0.05, 0.1) is 17.7 Å². The summed E-state index contributed by atoms with van der Waals surface area (Å²) in [5.41, 5.74) is 2.95. The Kier molecular flexibility index (Phi) is 6.91. The van der Waals surface area contributed by atoms with Crippen molar-refractivity contribution < 1.29 is 23.9 Å². The number of amides is 4. The first-order valence-electron chi connectivity index (χ1n) is 11.2. The van der Waals surface area contributed by atoms with Crippen LogP contribution in [0.2, 0.25) is 0 Å². The van der Waals surface area contributed by atoms with Gasteiger partial charge in [-0.05, 0) is 61.4 Å². The van der Waals surface area contributed by atoms with E-state index in [1.807, 2.05) is 30.3 Å². The first kappa shape index (κ1) is 23.7. The number of rotatable bonds is 7. The zero-order valence-electron chi connectivity index (χ0n) is 19.5. The van der Waals surface area contributed by atoms with Gasteiger partial charge in [0.15, 0.2) is 0 Å². The molecule has 0 atom stereocenters. The molecule has 0 saturated carbocycles. The number of anilines is 2. The Balaban J connectivity index is 1.43. The predicted octanol–water partition coefficient (Wildman–Crippen LogP) is 4.37. The molecular weight excluding hydrogens is 446 g/mol. The summed E-state index contributed by atoms with van der Waals surface area (Å²) in [5, 5.41) is 2.77. The molecule has 4 rings (SSSR count). The second kappa shape index (κ2) is 10.2. The zero-order chi connectivity index (χ0) is 24.9. The van der Waals surface area contributed by atoms with Crippen molar-refractivity contribution in [2.45, 2.75) is 13.3 Å². The molecule has 0 aliphatic carbocycles. The second-order valence-electron chi connectivity index (χ2n) is 8.02. The number of hydrogen-bond donors (Lipinski definition) is 1.